The summed E-state index contributed by atoms with van der Waals surface area (Å²) >= 11 is 0. The van der Waals surface area contributed by atoms with Gasteiger partial charge in [-0.15, -0.1) is 0 Å². The molecule has 3 atom stereocenters. The van der Waals surface area contributed by atoms with E-state index in [2.05, 4.69) is 20.4 Å². The van der Waals surface area contributed by atoms with Gasteiger partial charge in [-0.2, -0.15) is 4.98 Å². The van der Waals surface area contributed by atoms with Gasteiger partial charge < -0.3 is 14.8 Å². The van der Waals surface area contributed by atoms with Crippen molar-refractivity contribution in [2.75, 3.05) is 6.54 Å². The summed E-state index contributed by atoms with van der Waals surface area (Å²) in [6.45, 7) is 1.09. The first-order valence-electron chi connectivity index (χ1n) is 6.62. The number of hydrogen-bond donors (Lipinski definition) is 2. The minimum absolute atomic E-state index is 0.258. The predicted molar refractivity (Wildman–Crippen MR) is 65.7 cm³/mol. The molecular formula is C13H16N4O. The van der Waals surface area contributed by atoms with Crippen LogP contribution in [0.3, 0.4) is 0 Å². The molecule has 2 N–H and O–H groups in total. The highest BCUT2D eigenvalue weighted by Gasteiger charge is 2.42. The third-order valence-electron chi connectivity index (χ3n) is 4.29. The molecule has 94 valence electrons. The topological polar surface area (TPSA) is 66.7 Å². The number of H-pyrrole nitrogens is 1. The summed E-state index contributed by atoms with van der Waals surface area (Å²) in [4.78, 5) is 7.62. The fourth-order valence-electron chi connectivity index (χ4n) is 3.40. The van der Waals surface area contributed by atoms with E-state index in [1.165, 1.54) is 19.3 Å². The summed E-state index contributed by atoms with van der Waals surface area (Å²) < 4.78 is 5.44. The van der Waals surface area contributed by atoms with Gasteiger partial charge in [-0.25, -0.2) is 0 Å². The third kappa shape index (κ3) is 1.50. The first-order chi connectivity index (χ1) is 8.92. The molecule has 3 unspecified atom stereocenters. The van der Waals surface area contributed by atoms with E-state index < -0.39 is 0 Å². The second-order valence-electron chi connectivity index (χ2n) is 5.28. The Morgan fingerprint density at radius 1 is 1.33 bits per heavy atom. The Morgan fingerprint density at radius 3 is 3.22 bits per heavy atom. The lowest BCUT2D eigenvalue weighted by molar-refractivity contribution is 0.302. The zero-order valence-electron chi connectivity index (χ0n) is 10.1. The van der Waals surface area contributed by atoms with Gasteiger partial charge in [0.2, 0.25) is 11.7 Å². The third-order valence-corrected chi connectivity index (χ3v) is 4.29. The van der Waals surface area contributed by atoms with Gasteiger partial charge >= 0.3 is 0 Å². The van der Waals surface area contributed by atoms with Gasteiger partial charge in [0.15, 0.2) is 0 Å². The predicted octanol–water partition coefficient (Wildman–Crippen LogP) is 2.13. The number of nitrogens with zero attached hydrogens (tertiary/aromatic N) is 2. The summed E-state index contributed by atoms with van der Waals surface area (Å²) in [5.41, 5.74) is 0.908. The van der Waals surface area contributed by atoms with E-state index in [1.807, 2.05) is 18.3 Å². The molecule has 3 heterocycles. The van der Waals surface area contributed by atoms with Gasteiger partial charge in [-0.05, 0) is 43.4 Å². The smallest absolute Gasteiger partial charge is 0.244 e. The molecule has 4 rings (SSSR count). The van der Waals surface area contributed by atoms with Crippen molar-refractivity contribution >= 4 is 0 Å². The van der Waals surface area contributed by atoms with Gasteiger partial charge in [0.05, 0.1) is 11.7 Å². The lowest BCUT2D eigenvalue weighted by atomic mass is 9.94. The highest BCUT2D eigenvalue weighted by Crippen LogP contribution is 2.43. The molecule has 2 aromatic rings. The molecule has 0 spiro atoms. The van der Waals surface area contributed by atoms with Crippen LogP contribution >= 0.6 is 0 Å². The lowest BCUT2D eigenvalue weighted by Gasteiger charge is -2.13. The number of rotatable bonds is 2. The first kappa shape index (κ1) is 10.3. The number of aromatic amines is 1. The monoisotopic (exact) mass is 244 g/mol. The summed E-state index contributed by atoms with van der Waals surface area (Å²) in [7, 11) is 0. The van der Waals surface area contributed by atoms with Crippen molar-refractivity contribution in [3.8, 4) is 11.5 Å². The number of fused-ring (bicyclic) bond motifs is 1. The molecule has 2 aromatic heterocycles. The zero-order chi connectivity index (χ0) is 11.9. The van der Waals surface area contributed by atoms with E-state index in [9.17, 15) is 0 Å². The molecule has 0 aromatic carbocycles. The van der Waals surface area contributed by atoms with Crippen LogP contribution in [-0.4, -0.2) is 21.7 Å². The van der Waals surface area contributed by atoms with E-state index in [0.29, 0.717) is 11.7 Å². The fourth-order valence-corrected chi connectivity index (χ4v) is 3.40. The maximum atomic E-state index is 5.44. The van der Waals surface area contributed by atoms with Crippen LogP contribution in [-0.2, 0) is 0 Å². The van der Waals surface area contributed by atoms with Crippen molar-refractivity contribution in [1.29, 1.82) is 0 Å². The Bertz CT molecular complexity index is 533. The molecule has 0 bridgehead atoms. The Hall–Kier alpha value is -1.62. The van der Waals surface area contributed by atoms with Gasteiger partial charge in [-0.3, -0.25) is 0 Å². The van der Waals surface area contributed by atoms with E-state index in [4.69, 9.17) is 4.52 Å². The van der Waals surface area contributed by atoms with Gasteiger partial charge in [0.1, 0.15) is 0 Å². The van der Waals surface area contributed by atoms with Crippen LogP contribution in [0.2, 0.25) is 0 Å². The number of nitrogens with one attached hydrogen (secondary N) is 2. The van der Waals surface area contributed by atoms with Crippen LogP contribution in [0.5, 0.6) is 0 Å². The van der Waals surface area contributed by atoms with Crippen LogP contribution in [0.15, 0.2) is 22.9 Å². The van der Waals surface area contributed by atoms with Gasteiger partial charge in [0, 0.05) is 6.20 Å². The molecule has 1 aliphatic heterocycles. The molecule has 18 heavy (non-hydrogen) atoms. The fraction of sp³-hybridized carbons (Fsp3) is 0.538. The Balaban J connectivity index is 1.62. The molecule has 1 saturated heterocycles. The second kappa shape index (κ2) is 3.95. The van der Waals surface area contributed by atoms with Crippen LogP contribution in [0.4, 0.5) is 0 Å². The van der Waals surface area contributed by atoms with Crippen molar-refractivity contribution in [2.24, 2.45) is 11.8 Å². The minimum atomic E-state index is 0.258. The Kier molecular flexibility index (Phi) is 2.26. The van der Waals surface area contributed by atoms with Gasteiger partial charge in [0.25, 0.3) is 0 Å². The lowest BCUT2D eigenvalue weighted by Crippen LogP contribution is -2.18. The van der Waals surface area contributed by atoms with Crippen molar-refractivity contribution < 1.29 is 4.52 Å². The Morgan fingerprint density at radius 2 is 2.33 bits per heavy atom. The van der Waals surface area contributed by atoms with E-state index in [-0.39, 0.29) is 6.04 Å². The standard InChI is InChI=1S/C13H16N4O/c1-3-8-7-15-11(9(8)4-1)13-16-12(17-18-13)10-5-2-6-14-10/h2,5-6,8-9,11,14-15H,1,3-4,7H2. The summed E-state index contributed by atoms with van der Waals surface area (Å²) in [5.74, 6) is 2.88. The number of aromatic nitrogens is 3. The van der Waals surface area contributed by atoms with E-state index in [0.717, 1.165) is 24.0 Å². The van der Waals surface area contributed by atoms with Crippen molar-refractivity contribution in [2.45, 2.75) is 25.3 Å². The normalized spacial score (nSPS) is 30.8. The molecular weight excluding hydrogens is 228 g/mol. The van der Waals surface area contributed by atoms with Crippen LogP contribution in [0.25, 0.3) is 11.5 Å². The van der Waals surface area contributed by atoms with Crippen LogP contribution < -0.4 is 5.32 Å². The molecule has 1 aliphatic carbocycles. The van der Waals surface area contributed by atoms with Crippen molar-refractivity contribution in [3.05, 3.63) is 24.2 Å². The average molecular weight is 244 g/mol. The summed E-state index contributed by atoms with van der Waals surface area (Å²) in [6.07, 6.45) is 5.83. The Labute approximate surface area is 105 Å². The number of hydrogen-bond acceptors (Lipinski definition) is 4. The molecule has 0 radical (unpaired) electrons. The molecule has 2 fully saturated rings. The van der Waals surface area contributed by atoms with E-state index in [1.54, 1.807) is 0 Å². The highest BCUT2D eigenvalue weighted by molar-refractivity contribution is 5.47. The van der Waals surface area contributed by atoms with Crippen LogP contribution in [0, 0.1) is 11.8 Å². The molecule has 1 saturated carbocycles. The van der Waals surface area contributed by atoms with Crippen molar-refractivity contribution in [1.82, 2.24) is 20.4 Å². The maximum absolute atomic E-state index is 5.44. The summed E-state index contributed by atoms with van der Waals surface area (Å²) in [6, 6.07) is 4.15. The first-order valence-corrected chi connectivity index (χ1v) is 6.62. The molecule has 5 nitrogen and oxygen atoms in total. The molecule has 0 amide bonds. The molecule has 2 aliphatic rings. The quantitative estimate of drug-likeness (QED) is 0.849. The zero-order valence-corrected chi connectivity index (χ0v) is 10.1. The van der Waals surface area contributed by atoms with Gasteiger partial charge in [-0.1, -0.05) is 11.6 Å². The molecule has 5 heteroatoms. The van der Waals surface area contributed by atoms with E-state index >= 15 is 0 Å². The highest BCUT2D eigenvalue weighted by atomic mass is 16.5. The largest absolute Gasteiger partial charge is 0.359 e. The minimum Gasteiger partial charge on any atom is -0.359 e. The SMILES string of the molecule is c1c[nH]c(-c2noc(C3NCC4CCCC43)n2)c1. The van der Waals surface area contributed by atoms with Crippen molar-refractivity contribution in [3.63, 3.8) is 0 Å². The van der Waals surface area contributed by atoms with Crippen LogP contribution in [0.1, 0.15) is 31.2 Å². The summed E-state index contributed by atoms with van der Waals surface area (Å²) in [5, 5.41) is 7.59. The maximum Gasteiger partial charge on any atom is 0.244 e. The average Bonchev–Trinajstić information content (AvgIpc) is 3.13. The second-order valence-corrected chi connectivity index (χ2v) is 5.28.